The van der Waals surface area contributed by atoms with Gasteiger partial charge < -0.3 is 15.4 Å². The lowest BCUT2D eigenvalue weighted by atomic mass is 9.76. The molecule has 3 atom stereocenters. The van der Waals surface area contributed by atoms with Gasteiger partial charge in [0.25, 0.3) is 0 Å². The van der Waals surface area contributed by atoms with Crippen LogP contribution < -0.4 is 15.4 Å². The number of nitrogens with one attached hydrogen (secondary N) is 2. The molecule has 190 valence electrons. The molecule has 0 aromatic heterocycles. The lowest BCUT2D eigenvalue weighted by Crippen LogP contribution is -2.29. The molecular weight excluding hydrogens is 468 g/mol. The minimum absolute atomic E-state index is 0.0402. The van der Waals surface area contributed by atoms with Gasteiger partial charge in [0.2, 0.25) is 5.91 Å². The molecule has 1 amide bonds. The summed E-state index contributed by atoms with van der Waals surface area (Å²) in [7, 11) is 0. The van der Waals surface area contributed by atoms with Gasteiger partial charge in [-0.3, -0.25) is 4.79 Å². The van der Waals surface area contributed by atoms with E-state index < -0.39 is 0 Å². The van der Waals surface area contributed by atoms with E-state index >= 15 is 0 Å². The summed E-state index contributed by atoms with van der Waals surface area (Å²) in [5.41, 5.74) is 6.73. The zero-order chi connectivity index (χ0) is 25.7. The average molecular weight is 501 g/mol. The molecule has 2 aliphatic rings. The zero-order valence-corrected chi connectivity index (χ0v) is 21.3. The summed E-state index contributed by atoms with van der Waals surface area (Å²) in [5.74, 6) is 1.64. The summed E-state index contributed by atoms with van der Waals surface area (Å²) < 4.78 is 6.32. The molecule has 0 spiro atoms. The van der Waals surface area contributed by atoms with E-state index in [-0.39, 0.29) is 11.9 Å². The highest BCUT2D eigenvalue weighted by Crippen LogP contribution is 2.51. The lowest BCUT2D eigenvalue weighted by Gasteiger charge is -2.38. The van der Waals surface area contributed by atoms with Crippen LogP contribution in [0.3, 0.4) is 0 Å². The summed E-state index contributed by atoms with van der Waals surface area (Å²) in [4.78, 5) is 12.7. The number of fused-ring (bicyclic) bond motifs is 3. The molecule has 6 rings (SSSR count). The summed E-state index contributed by atoms with van der Waals surface area (Å²) in [6, 6.07) is 35.2. The number of benzene rings is 4. The second kappa shape index (κ2) is 11.0. The van der Waals surface area contributed by atoms with Crippen molar-refractivity contribution in [3.05, 3.63) is 138 Å². The number of amides is 1. The van der Waals surface area contributed by atoms with Gasteiger partial charge in [0.15, 0.2) is 0 Å². The van der Waals surface area contributed by atoms with Gasteiger partial charge in [-0.2, -0.15) is 0 Å². The molecule has 4 aromatic rings. The molecule has 0 radical (unpaired) electrons. The van der Waals surface area contributed by atoms with E-state index in [4.69, 9.17) is 4.74 Å². The molecule has 4 nitrogen and oxygen atoms in total. The van der Waals surface area contributed by atoms with Crippen molar-refractivity contribution in [3.63, 3.8) is 0 Å². The monoisotopic (exact) mass is 500 g/mol. The highest BCUT2D eigenvalue weighted by molar-refractivity contribution is 5.91. The molecule has 0 saturated carbocycles. The predicted octanol–water partition coefficient (Wildman–Crippen LogP) is 7.66. The lowest BCUT2D eigenvalue weighted by molar-refractivity contribution is -0.116. The van der Waals surface area contributed by atoms with E-state index in [2.05, 4.69) is 77.4 Å². The summed E-state index contributed by atoms with van der Waals surface area (Å²) in [6.07, 6.45) is 6.82. The first-order valence-corrected chi connectivity index (χ1v) is 13.4. The highest BCUT2D eigenvalue weighted by Gasteiger charge is 2.39. The molecule has 0 fully saturated rings. The number of aryl methyl sites for hydroxylation is 1. The Labute approximate surface area is 224 Å². The Morgan fingerprint density at radius 2 is 1.58 bits per heavy atom. The van der Waals surface area contributed by atoms with Gasteiger partial charge in [-0.25, -0.2) is 0 Å². The van der Waals surface area contributed by atoms with Crippen molar-refractivity contribution in [3.8, 4) is 5.75 Å². The van der Waals surface area contributed by atoms with Gasteiger partial charge in [0.1, 0.15) is 12.4 Å². The molecule has 0 saturated heterocycles. The van der Waals surface area contributed by atoms with Crippen molar-refractivity contribution >= 4 is 17.3 Å². The second-order valence-corrected chi connectivity index (χ2v) is 10.1. The normalized spacial score (nSPS) is 19.2. The van der Waals surface area contributed by atoms with Crippen molar-refractivity contribution in [2.75, 3.05) is 10.6 Å². The topological polar surface area (TPSA) is 50.4 Å². The van der Waals surface area contributed by atoms with Gasteiger partial charge >= 0.3 is 0 Å². The Morgan fingerprint density at radius 3 is 2.39 bits per heavy atom. The predicted molar refractivity (Wildman–Crippen MR) is 153 cm³/mol. The maximum Gasteiger partial charge on any atom is 0.224 e. The van der Waals surface area contributed by atoms with Gasteiger partial charge in [0, 0.05) is 29.3 Å². The van der Waals surface area contributed by atoms with Gasteiger partial charge in [-0.15, -0.1) is 0 Å². The number of carbonyl (C=O) groups is 1. The first-order valence-electron chi connectivity index (χ1n) is 13.4. The molecule has 1 aliphatic heterocycles. The first kappa shape index (κ1) is 24.1. The Kier molecular flexibility index (Phi) is 6.95. The molecule has 4 heteroatoms. The minimum Gasteiger partial charge on any atom is -0.489 e. The van der Waals surface area contributed by atoms with Crippen LogP contribution in [0.25, 0.3) is 0 Å². The van der Waals surface area contributed by atoms with Crippen LogP contribution in [0.1, 0.15) is 47.1 Å². The van der Waals surface area contributed by atoms with Crippen LogP contribution in [-0.4, -0.2) is 5.91 Å². The van der Waals surface area contributed by atoms with Gasteiger partial charge in [-0.1, -0.05) is 91.0 Å². The van der Waals surface area contributed by atoms with E-state index in [1.54, 1.807) is 0 Å². The van der Waals surface area contributed by atoms with Crippen molar-refractivity contribution < 1.29 is 9.53 Å². The molecule has 3 unspecified atom stereocenters. The van der Waals surface area contributed by atoms with Crippen molar-refractivity contribution in [2.24, 2.45) is 5.92 Å². The number of carbonyl (C=O) groups excluding carboxylic acids is 1. The number of ether oxygens (including phenoxy) is 1. The molecular formula is C34H32N2O2. The zero-order valence-electron chi connectivity index (χ0n) is 21.3. The molecule has 38 heavy (non-hydrogen) atoms. The van der Waals surface area contributed by atoms with E-state index in [0.29, 0.717) is 24.9 Å². The number of anilines is 2. The summed E-state index contributed by atoms with van der Waals surface area (Å²) >= 11 is 0. The smallest absolute Gasteiger partial charge is 0.224 e. The number of hydrogen-bond acceptors (Lipinski definition) is 3. The Hall–Kier alpha value is -4.31. The third-order valence-electron chi connectivity index (χ3n) is 7.62. The Balaban J connectivity index is 1.19. The fourth-order valence-corrected chi connectivity index (χ4v) is 5.71. The van der Waals surface area contributed by atoms with Gasteiger partial charge in [-0.05, 0) is 59.7 Å². The van der Waals surface area contributed by atoms with E-state index in [0.717, 1.165) is 35.5 Å². The second-order valence-electron chi connectivity index (χ2n) is 10.1. The van der Waals surface area contributed by atoms with Gasteiger partial charge in [0.05, 0.1) is 6.04 Å². The molecule has 0 bridgehead atoms. The molecule has 1 heterocycles. The Morgan fingerprint density at radius 1 is 0.842 bits per heavy atom. The third-order valence-corrected chi connectivity index (χ3v) is 7.62. The van der Waals surface area contributed by atoms with Crippen LogP contribution in [-0.2, 0) is 17.8 Å². The standard InChI is InChI=1S/C34H32N2O2/c37-33(21-18-24-10-3-1-4-11-24)35-26-19-20-31-30(22-26)27-15-9-16-28(27)34(36-31)29-14-7-8-17-32(29)38-23-25-12-5-2-6-13-25/h1-15,17,19-20,22,27-28,34,36H,16,18,21,23H2,(H,35,37). The minimum atomic E-state index is 0.0402. The van der Waals surface area contributed by atoms with Crippen LogP contribution in [0.15, 0.2) is 115 Å². The van der Waals surface area contributed by atoms with Crippen LogP contribution >= 0.6 is 0 Å². The maximum atomic E-state index is 12.7. The largest absolute Gasteiger partial charge is 0.489 e. The summed E-state index contributed by atoms with van der Waals surface area (Å²) in [5, 5.41) is 6.93. The molecule has 1 aliphatic carbocycles. The van der Waals surface area contributed by atoms with Crippen molar-refractivity contribution in [1.82, 2.24) is 0 Å². The van der Waals surface area contributed by atoms with E-state index in [9.17, 15) is 4.79 Å². The van der Waals surface area contributed by atoms with E-state index in [1.807, 2.05) is 48.5 Å². The van der Waals surface area contributed by atoms with Crippen molar-refractivity contribution in [2.45, 2.75) is 37.8 Å². The molecule has 4 aromatic carbocycles. The van der Waals surface area contributed by atoms with Crippen molar-refractivity contribution in [1.29, 1.82) is 0 Å². The van der Waals surface area contributed by atoms with E-state index in [1.165, 1.54) is 16.7 Å². The first-order chi connectivity index (χ1) is 18.7. The quantitative estimate of drug-likeness (QED) is 0.244. The average Bonchev–Trinajstić information content (AvgIpc) is 3.47. The fraction of sp³-hybridized carbons (Fsp3) is 0.206. The van der Waals surface area contributed by atoms with Crippen LogP contribution in [0.2, 0.25) is 0 Å². The fourth-order valence-electron chi connectivity index (χ4n) is 5.71. The van der Waals surface area contributed by atoms with Crippen LogP contribution in [0.4, 0.5) is 11.4 Å². The SMILES string of the molecule is O=C(CCc1ccccc1)Nc1ccc2c(c1)C1C=CCC1C(c1ccccc1OCc1ccccc1)N2. The number of allylic oxidation sites excluding steroid dienone is 2. The van der Waals surface area contributed by atoms with Crippen LogP contribution in [0, 0.1) is 5.92 Å². The molecule has 2 N–H and O–H groups in total. The Bertz CT molecular complexity index is 1430. The number of para-hydroxylation sites is 1. The highest BCUT2D eigenvalue weighted by atomic mass is 16.5. The number of hydrogen-bond donors (Lipinski definition) is 2. The number of rotatable bonds is 8. The maximum absolute atomic E-state index is 12.7. The summed E-state index contributed by atoms with van der Waals surface area (Å²) in [6.45, 7) is 0.542. The third kappa shape index (κ3) is 5.21. The van der Waals surface area contributed by atoms with Crippen LogP contribution in [0.5, 0.6) is 5.75 Å².